The summed E-state index contributed by atoms with van der Waals surface area (Å²) >= 11 is 11.8. The number of rotatable bonds is 11. The van der Waals surface area contributed by atoms with Gasteiger partial charge in [-0.1, -0.05) is 49.0 Å². The van der Waals surface area contributed by atoms with E-state index in [2.05, 4.69) is 5.32 Å². The van der Waals surface area contributed by atoms with Crippen molar-refractivity contribution < 1.29 is 23.1 Å². The number of carbonyl (C=O) groups excluding carboxylic acids is 1. The molecule has 0 saturated heterocycles. The van der Waals surface area contributed by atoms with Crippen LogP contribution >= 0.6 is 23.2 Å². The van der Waals surface area contributed by atoms with Gasteiger partial charge in [0.15, 0.2) is 9.84 Å². The van der Waals surface area contributed by atoms with Gasteiger partial charge >= 0.3 is 0 Å². The maximum absolute atomic E-state index is 11.8. The molecule has 0 spiro atoms. The zero-order valence-electron chi connectivity index (χ0n) is 14.0. The van der Waals surface area contributed by atoms with Gasteiger partial charge in [-0.15, -0.1) is 0 Å². The number of nitrogens with one attached hydrogen (secondary N) is 1. The first-order chi connectivity index (χ1) is 11.7. The van der Waals surface area contributed by atoms with Crippen molar-refractivity contribution in [3.63, 3.8) is 0 Å². The summed E-state index contributed by atoms with van der Waals surface area (Å²) < 4.78 is 28.9. The zero-order chi connectivity index (χ0) is 18.9. The molecule has 0 fully saturated rings. The molecule has 1 unspecified atom stereocenters. The Bertz CT molecular complexity index is 666. The van der Waals surface area contributed by atoms with Crippen LogP contribution < -0.4 is 10.1 Å². The summed E-state index contributed by atoms with van der Waals surface area (Å²) in [6, 6.07) is 4.86. The molecule has 1 amide bonds. The van der Waals surface area contributed by atoms with Crippen LogP contribution in [0, 0.1) is 0 Å². The smallest absolute Gasteiger partial charge is 0.235 e. The van der Waals surface area contributed by atoms with Gasteiger partial charge in [-0.2, -0.15) is 0 Å². The molecule has 9 heteroatoms. The molecular weight excluding hydrogens is 389 g/mol. The first-order valence-electron chi connectivity index (χ1n) is 7.97. The molecule has 2 N–H and O–H groups in total. The van der Waals surface area contributed by atoms with Crippen LogP contribution in [0.3, 0.4) is 0 Å². The van der Waals surface area contributed by atoms with Gasteiger partial charge in [-0.3, -0.25) is 4.79 Å². The average molecular weight is 412 g/mol. The molecule has 0 radical (unpaired) electrons. The Kier molecular flexibility index (Phi) is 9.56. The molecule has 1 atom stereocenters. The second-order valence-electron chi connectivity index (χ2n) is 5.62. The second-order valence-corrected chi connectivity index (χ2v) is 8.59. The molecular formula is C16H23Cl2NO5S. The number of halogens is 2. The Labute approximate surface area is 158 Å². The normalized spacial score (nSPS) is 12.6. The molecule has 0 heterocycles. The van der Waals surface area contributed by atoms with Crippen LogP contribution in [0.2, 0.25) is 10.0 Å². The number of carbonyl (C=O) groups is 1. The van der Waals surface area contributed by atoms with Crippen molar-refractivity contribution in [3.05, 3.63) is 28.2 Å². The monoisotopic (exact) mass is 411 g/mol. The van der Waals surface area contributed by atoms with Crippen LogP contribution in [0.4, 0.5) is 0 Å². The molecule has 142 valence electrons. The molecule has 1 aromatic carbocycles. The summed E-state index contributed by atoms with van der Waals surface area (Å²) in [4.78, 5) is 11.7. The molecule has 1 aromatic rings. The zero-order valence-corrected chi connectivity index (χ0v) is 16.3. The van der Waals surface area contributed by atoms with Crippen LogP contribution in [0.25, 0.3) is 0 Å². The van der Waals surface area contributed by atoms with Crippen molar-refractivity contribution in [1.82, 2.24) is 5.32 Å². The van der Waals surface area contributed by atoms with E-state index in [9.17, 15) is 18.3 Å². The molecule has 1 rings (SSSR count). The lowest BCUT2D eigenvalue weighted by molar-refractivity contribution is -0.119. The van der Waals surface area contributed by atoms with Crippen LogP contribution in [-0.2, 0) is 14.6 Å². The SMILES string of the molecule is CCCCCS(=O)(=O)CC(=O)NCC(O)COc1cccc(Cl)c1Cl. The number of aliphatic hydroxyl groups excluding tert-OH is 1. The van der Waals surface area contributed by atoms with Gasteiger partial charge < -0.3 is 15.2 Å². The van der Waals surface area contributed by atoms with Crippen molar-refractivity contribution in [3.8, 4) is 5.75 Å². The minimum absolute atomic E-state index is 0.00676. The topological polar surface area (TPSA) is 92.7 Å². The van der Waals surface area contributed by atoms with E-state index >= 15 is 0 Å². The molecule has 0 aliphatic carbocycles. The third-order valence-electron chi connectivity index (χ3n) is 3.29. The molecule has 6 nitrogen and oxygen atoms in total. The van der Waals surface area contributed by atoms with Crippen LogP contribution in [0.15, 0.2) is 18.2 Å². The van der Waals surface area contributed by atoms with Crippen molar-refractivity contribution in [1.29, 1.82) is 0 Å². The fourth-order valence-corrected chi connectivity index (χ4v) is 3.60. The van der Waals surface area contributed by atoms with E-state index in [4.69, 9.17) is 27.9 Å². The Morgan fingerprint density at radius 1 is 1.32 bits per heavy atom. The summed E-state index contributed by atoms with van der Waals surface area (Å²) in [7, 11) is -3.42. The van der Waals surface area contributed by atoms with Gasteiger partial charge in [0, 0.05) is 6.54 Å². The van der Waals surface area contributed by atoms with E-state index in [0.717, 1.165) is 12.8 Å². The highest BCUT2D eigenvalue weighted by molar-refractivity contribution is 7.92. The Balaban J connectivity index is 2.34. The highest BCUT2D eigenvalue weighted by Gasteiger charge is 2.17. The van der Waals surface area contributed by atoms with Crippen molar-refractivity contribution in [2.75, 3.05) is 24.7 Å². The fourth-order valence-electron chi connectivity index (χ4n) is 1.97. The Morgan fingerprint density at radius 3 is 2.72 bits per heavy atom. The predicted molar refractivity (Wildman–Crippen MR) is 99.2 cm³/mol. The van der Waals surface area contributed by atoms with E-state index in [0.29, 0.717) is 17.2 Å². The van der Waals surface area contributed by atoms with Crippen LogP contribution in [0.5, 0.6) is 5.75 Å². The first kappa shape index (κ1) is 22.0. The lowest BCUT2D eigenvalue weighted by atomic mass is 10.3. The maximum atomic E-state index is 11.8. The third kappa shape index (κ3) is 8.76. The van der Waals surface area contributed by atoms with E-state index in [1.807, 2.05) is 6.92 Å². The Morgan fingerprint density at radius 2 is 2.04 bits per heavy atom. The van der Waals surface area contributed by atoms with Gasteiger partial charge in [-0.05, 0) is 18.6 Å². The van der Waals surface area contributed by atoms with Crippen molar-refractivity contribution >= 4 is 38.9 Å². The van der Waals surface area contributed by atoms with E-state index in [-0.39, 0.29) is 23.9 Å². The van der Waals surface area contributed by atoms with Gasteiger partial charge in [-0.25, -0.2) is 8.42 Å². The molecule has 0 aromatic heterocycles. The third-order valence-corrected chi connectivity index (χ3v) is 5.71. The summed E-state index contributed by atoms with van der Waals surface area (Å²) in [6.07, 6.45) is 1.25. The van der Waals surface area contributed by atoms with Gasteiger partial charge in [0.25, 0.3) is 0 Å². The molecule has 0 aliphatic heterocycles. The lowest BCUT2D eigenvalue weighted by Crippen LogP contribution is -2.38. The molecule has 0 aliphatic rings. The van der Waals surface area contributed by atoms with Gasteiger partial charge in [0.05, 0.1) is 10.8 Å². The number of hydrogen-bond donors (Lipinski definition) is 2. The minimum atomic E-state index is -3.42. The molecule has 0 saturated carbocycles. The molecule has 25 heavy (non-hydrogen) atoms. The summed E-state index contributed by atoms with van der Waals surface area (Å²) in [5.74, 6) is -0.910. The lowest BCUT2D eigenvalue weighted by Gasteiger charge is -2.14. The number of benzene rings is 1. The highest BCUT2D eigenvalue weighted by Crippen LogP contribution is 2.31. The highest BCUT2D eigenvalue weighted by atomic mass is 35.5. The summed E-state index contributed by atoms with van der Waals surface area (Å²) in [6.45, 7) is 1.73. The number of aliphatic hydroxyl groups is 1. The number of hydrogen-bond acceptors (Lipinski definition) is 5. The predicted octanol–water partition coefficient (Wildman–Crippen LogP) is 2.45. The summed E-state index contributed by atoms with van der Waals surface area (Å²) in [5, 5.41) is 12.8. The largest absolute Gasteiger partial charge is 0.489 e. The summed E-state index contributed by atoms with van der Waals surface area (Å²) in [5.41, 5.74) is 0. The minimum Gasteiger partial charge on any atom is -0.489 e. The maximum Gasteiger partial charge on any atom is 0.235 e. The van der Waals surface area contributed by atoms with Crippen LogP contribution in [0.1, 0.15) is 26.2 Å². The number of amides is 1. The van der Waals surface area contributed by atoms with Crippen LogP contribution in [-0.4, -0.2) is 50.2 Å². The van der Waals surface area contributed by atoms with E-state index in [1.165, 1.54) is 0 Å². The quantitative estimate of drug-likeness (QED) is 0.545. The van der Waals surface area contributed by atoms with Gasteiger partial charge in [0.1, 0.15) is 29.2 Å². The Hall–Kier alpha value is -1.02. The first-order valence-corrected chi connectivity index (χ1v) is 10.5. The number of ether oxygens (including phenoxy) is 1. The van der Waals surface area contributed by atoms with Gasteiger partial charge in [0.2, 0.25) is 5.91 Å². The van der Waals surface area contributed by atoms with Crippen molar-refractivity contribution in [2.24, 2.45) is 0 Å². The second kappa shape index (κ2) is 10.9. The number of unbranched alkanes of at least 4 members (excludes halogenated alkanes) is 2. The number of sulfone groups is 1. The molecule has 0 bridgehead atoms. The average Bonchev–Trinajstić information content (AvgIpc) is 2.54. The van der Waals surface area contributed by atoms with E-state index in [1.54, 1.807) is 18.2 Å². The fraction of sp³-hybridized carbons (Fsp3) is 0.562. The van der Waals surface area contributed by atoms with E-state index < -0.39 is 27.6 Å². The standard InChI is InChI=1S/C16H23Cl2NO5S/c1-2-3-4-8-25(22,23)11-15(21)19-9-12(20)10-24-14-7-5-6-13(17)16(14)18/h5-7,12,20H,2-4,8-11H2,1H3,(H,19,21). The van der Waals surface area contributed by atoms with Crippen molar-refractivity contribution in [2.45, 2.75) is 32.3 Å².